The Morgan fingerprint density at radius 2 is 2.14 bits per heavy atom. The largest absolute Gasteiger partial charge is 0.308 e. The summed E-state index contributed by atoms with van der Waals surface area (Å²) in [6.07, 6.45) is 6.05. The molecule has 0 unspecified atom stereocenters. The number of rotatable bonds is 4. The molecule has 112 valence electrons. The first-order valence-corrected chi connectivity index (χ1v) is 7.98. The minimum atomic E-state index is 0.114. The lowest BCUT2D eigenvalue weighted by Gasteiger charge is -2.20. The van der Waals surface area contributed by atoms with Crippen LogP contribution in [-0.2, 0) is 13.1 Å². The zero-order chi connectivity index (χ0) is 15.0. The quantitative estimate of drug-likeness (QED) is 0.806. The molecule has 0 aliphatic carbocycles. The Balaban J connectivity index is 1.74. The van der Waals surface area contributed by atoms with Crippen LogP contribution >= 0.6 is 11.3 Å². The molecule has 3 heterocycles. The minimum absolute atomic E-state index is 0.114. The maximum absolute atomic E-state index is 4.61. The molecule has 0 bridgehead atoms. The van der Waals surface area contributed by atoms with Crippen LogP contribution in [0.25, 0.3) is 4.96 Å². The molecule has 6 heteroatoms. The maximum Gasteiger partial charge on any atom is 0.193 e. The average molecular weight is 303 g/mol. The van der Waals surface area contributed by atoms with E-state index in [9.17, 15) is 0 Å². The van der Waals surface area contributed by atoms with Crippen LogP contribution in [0.15, 0.2) is 24.0 Å². The van der Waals surface area contributed by atoms with Gasteiger partial charge in [0.15, 0.2) is 4.96 Å². The van der Waals surface area contributed by atoms with Gasteiger partial charge >= 0.3 is 0 Å². The molecular weight excluding hydrogens is 282 g/mol. The van der Waals surface area contributed by atoms with Crippen molar-refractivity contribution in [2.75, 3.05) is 0 Å². The van der Waals surface area contributed by atoms with Gasteiger partial charge < -0.3 is 5.32 Å². The summed E-state index contributed by atoms with van der Waals surface area (Å²) in [7, 11) is 0. The van der Waals surface area contributed by atoms with Crippen LogP contribution in [0.3, 0.4) is 0 Å². The van der Waals surface area contributed by atoms with Crippen LogP contribution in [0.5, 0.6) is 0 Å². The molecular formula is C15H21N5S. The molecule has 5 nitrogen and oxygen atoms in total. The SMILES string of the molecule is Cc1c(CNC(C)(C)C)cnn1Cc1cn2ccsc2n1. The van der Waals surface area contributed by atoms with Crippen LogP contribution < -0.4 is 5.32 Å². The molecule has 0 atom stereocenters. The molecule has 1 N–H and O–H groups in total. The summed E-state index contributed by atoms with van der Waals surface area (Å²) >= 11 is 1.65. The topological polar surface area (TPSA) is 47.2 Å². The van der Waals surface area contributed by atoms with Gasteiger partial charge in [0.1, 0.15) is 0 Å². The van der Waals surface area contributed by atoms with Gasteiger partial charge in [-0.15, -0.1) is 11.3 Å². The Kier molecular flexibility index (Phi) is 3.59. The fourth-order valence-electron chi connectivity index (χ4n) is 2.18. The van der Waals surface area contributed by atoms with Crippen LogP contribution in [0.4, 0.5) is 0 Å². The Hall–Kier alpha value is -1.66. The summed E-state index contributed by atoms with van der Waals surface area (Å²) in [6, 6.07) is 0. The second-order valence-corrected chi connectivity index (χ2v) is 7.21. The third-order valence-corrected chi connectivity index (χ3v) is 4.24. The highest BCUT2D eigenvalue weighted by molar-refractivity contribution is 7.15. The zero-order valence-electron chi connectivity index (χ0n) is 12.9. The molecule has 0 fully saturated rings. The van der Waals surface area contributed by atoms with Crippen LogP contribution in [0.2, 0.25) is 0 Å². The van der Waals surface area contributed by atoms with E-state index in [1.54, 1.807) is 11.3 Å². The third-order valence-electron chi connectivity index (χ3n) is 3.47. The van der Waals surface area contributed by atoms with E-state index in [4.69, 9.17) is 0 Å². The summed E-state index contributed by atoms with van der Waals surface area (Å²) in [6.45, 7) is 10.2. The van der Waals surface area contributed by atoms with E-state index in [1.807, 2.05) is 22.5 Å². The number of hydrogen-bond donors (Lipinski definition) is 1. The maximum atomic E-state index is 4.61. The summed E-state index contributed by atoms with van der Waals surface area (Å²) < 4.78 is 4.08. The van der Waals surface area contributed by atoms with Crippen molar-refractivity contribution in [3.63, 3.8) is 0 Å². The van der Waals surface area contributed by atoms with Crippen molar-refractivity contribution in [2.24, 2.45) is 0 Å². The van der Waals surface area contributed by atoms with Crippen LogP contribution in [0, 0.1) is 6.92 Å². The fourth-order valence-corrected chi connectivity index (χ4v) is 2.90. The van der Waals surface area contributed by atoms with Crippen LogP contribution in [0.1, 0.15) is 37.7 Å². The van der Waals surface area contributed by atoms with E-state index in [0.29, 0.717) is 0 Å². The van der Waals surface area contributed by atoms with Crippen molar-refractivity contribution in [2.45, 2.75) is 46.3 Å². The molecule has 3 rings (SSSR count). The highest BCUT2D eigenvalue weighted by Gasteiger charge is 2.13. The van der Waals surface area contributed by atoms with Gasteiger partial charge in [-0.1, -0.05) is 0 Å². The molecule has 21 heavy (non-hydrogen) atoms. The van der Waals surface area contributed by atoms with E-state index in [0.717, 1.165) is 23.7 Å². The monoisotopic (exact) mass is 303 g/mol. The second-order valence-electron chi connectivity index (χ2n) is 6.34. The van der Waals surface area contributed by atoms with Gasteiger partial charge in [0.25, 0.3) is 0 Å². The van der Waals surface area contributed by atoms with E-state index in [-0.39, 0.29) is 5.54 Å². The number of nitrogens with one attached hydrogen (secondary N) is 1. The molecule has 0 aliphatic rings. The Labute approximate surface area is 128 Å². The zero-order valence-corrected chi connectivity index (χ0v) is 13.7. The summed E-state index contributed by atoms with van der Waals surface area (Å²) in [4.78, 5) is 5.64. The van der Waals surface area contributed by atoms with Gasteiger partial charge in [0.05, 0.1) is 18.4 Å². The summed E-state index contributed by atoms with van der Waals surface area (Å²) in [5.74, 6) is 0. The first kappa shape index (κ1) is 14.3. The average Bonchev–Trinajstić information content (AvgIpc) is 3.03. The number of nitrogens with zero attached hydrogens (tertiary/aromatic N) is 4. The summed E-state index contributed by atoms with van der Waals surface area (Å²) in [5, 5.41) is 10.0. The van der Waals surface area contributed by atoms with Gasteiger partial charge in [-0.05, 0) is 27.7 Å². The third kappa shape index (κ3) is 3.16. The molecule has 0 aromatic carbocycles. The lowest BCUT2D eigenvalue weighted by Crippen LogP contribution is -2.35. The molecule has 3 aromatic heterocycles. The summed E-state index contributed by atoms with van der Waals surface area (Å²) in [5.41, 5.74) is 3.60. The lowest BCUT2D eigenvalue weighted by atomic mass is 10.1. The van der Waals surface area contributed by atoms with E-state index >= 15 is 0 Å². The van der Waals surface area contributed by atoms with Gasteiger partial charge in [-0.3, -0.25) is 9.08 Å². The molecule has 0 saturated carbocycles. The van der Waals surface area contributed by atoms with Crippen LogP contribution in [-0.4, -0.2) is 24.7 Å². The van der Waals surface area contributed by atoms with Crippen molar-refractivity contribution in [1.29, 1.82) is 0 Å². The van der Waals surface area contributed by atoms with E-state index in [2.05, 4.69) is 53.7 Å². The number of fused-ring (bicyclic) bond motifs is 1. The highest BCUT2D eigenvalue weighted by atomic mass is 32.1. The van der Waals surface area contributed by atoms with Crippen molar-refractivity contribution in [3.05, 3.63) is 40.9 Å². The number of imidazole rings is 1. The number of aromatic nitrogens is 4. The molecule has 0 aliphatic heterocycles. The highest BCUT2D eigenvalue weighted by Crippen LogP contribution is 2.14. The smallest absolute Gasteiger partial charge is 0.193 e. The Morgan fingerprint density at radius 3 is 2.86 bits per heavy atom. The molecule has 0 saturated heterocycles. The number of thiazole rings is 1. The van der Waals surface area contributed by atoms with Gasteiger partial charge in [0, 0.05) is 41.1 Å². The van der Waals surface area contributed by atoms with E-state index in [1.165, 1.54) is 11.3 Å². The number of hydrogen-bond acceptors (Lipinski definition) is 4. The normalized spacial score (nSPS) is 12.4. The fraction of sp³-hybridized carbons (Fsp3) is 0.467. The predicted molar refractivity (Wildman–Crippen MR) is 85.7 cm³/mol. The Bertz CT molecular complexity index is 715. The van der Waals surface area contributed by atoms with Crippen molar-refractivity contribution in [3.8, 4) is 0 Å². The van der Waals surface area contributed by atoms with Crippen molar-refractivity contribution >= 4 is 16.3 Å². The Morgan fingerprint density at radius 1 is 1.33 bits per heavy atom. The molecule has 0 radical (unpaired) electrons. The van der Waals surface area contributed by atoms with Gasteiger partial charge in [0.2, 0.25) is 0 Å². The minimum Gasteiger partial charge on any atom is -0.308 e. The molecule has 0 spiro atoms. The van der Waals surface area contributed by atoms with E-state index < -0.39 is 0 Å². The first-order chi connectivity index (χ1) is 9.92. The van der Waals surface area contributed by atoms with Gasteiger partial charge in [-0.2, -0.15) is 5.10 Å². The first-order valence-electron chi connectivity index (χ1n) is 7.10. The standard InChI is InChI=1S/C15H21N5S/c1-11-12(7-16-15(2,3)4)8-17-20(11)10-13-9-19-5-6-21-14(19)18-13/h5-6,8-9,16H,7,10H2,1-4H3. The molecule has 3 aromatic rings. The predicted octanol–water partition coefficient (Wildman–Crippen LogP) is 2.84. The van der Waals surface area contributed by atoms with Gasteiger partial charge in [-0.25, -0.2) is 4.98 Å². The second kappa shape index (κ2) is 5.27. The lowest BCUT2D eigenvalue weighted by molar-refractivity contribution is 0.423. The molecule has 0 amide bonds. The van der Waals surface area contributed by atoms with Crippen molar-refractivity contribution in [1.82, 2.24) is 24.5 Å². The van der Waals surface area contributed by atoms with Crippen molar-refractivity contribution < 1.29 is 0 Å².